The molecule has 0 fully saturated rings. The molecular weight excluding hydrogens is 341 g/mol. The number of hydrogen-bond donors (Lipinski definition) is 1. The van der Waals surface area contributed by atoms with Crippen molar-refractivity contribution in [2.24, 2.45) is 0 Å². The van der Waals surface area contributed by atoms with Crippen molar-refractivity contribution in [3.8, 4) is 0 Å². The van der Waals surface area contributed by atoms with Crippen LogP contribution >= 0.6 is 15.9 Å². The third-order valence-electron chi connectivity index (χ3n) is 2.44. The van der Waals surface area contributed by atoms with Gasteiger partial charge in [-0.15, -0.1) is 0 Å². The Bertz CT molecular complexity index is 530. The predicted octanol–water partition coefficient (Wildman–Crippen LogP) is 2.29. The predicted molar refractivity (Wildman–Crippen MR) is 70.2 cm³/mol. The summed E-state index contributed by atoms with van der Waals surface area (Å²) in [6.45, 7) is -0.283. The lowest BCUT2D eigenvalue weighted by molar-refractivity contribution is -0.137. The van der Waals surface area contributed by atoms with E-state index in [1.54, 1.807) is 0 Å². The quantitative estimate of drug-likeness (QED) is 0.907. The van der Waals surface area contributed by atoms with Crippen molar-refractivity contribution in [3.63, 3.8) is 0 Å². The Kier molecular flexibility index (Phi) is 5.15. The topological polar surface area (TPSA) is 49.4 Å². The summed E-state index contributed by atoms with van der Waals surface area (Å²) in [5.41, 5.74) is -1.10. The molecular formula is C12H12BrF3N2O2. The van der Waals surface area contributed by atoms with Gasteiger partial charge in [-0.2, -0.15) is 13.2 Å². The number of rotatable bonds is 3. The van der Waals surface area contributed by atoms with Gasteiger partial charge >= 0.3 is 6.18 Å². The molecule has 1 rings (SSSR count). The zero-order valence-electron chi connectivity index (χ0n) is 10.7. The second kappa shape index (κ2) is 6.25. The van der Waals surface area contributed by atoms with Gasteiger partial charge in [0.15, 0.2) is 0 Å². The van der Waals surface area contributed by atoms with Crippen LogP contribution in [-0.2, 0) is 11.0 Å². The van der Waals surface area contributed by atoms with Crippen LogP contribution in [0.2, 0.25) is 0 Å². The fraction of sp³-hybridized carbons (Fsp3) is 0.333. The van der Waals surface area contributed by atoms with Crippen molar-refractivity contribution in [2.75, 3.05) is 20.6 Å². The van der Waals surface area contributed by atoms with Gasteiger partial charge in [-0.3, -0.25) is 9.59 Å². The molecule has 1 N–H and O–H groups in total. The first-order chi connectivity index (χ1) is 9.12. The normalized spacial score (nSPS) is 11.1. The van der Waals surface area contributed by atoms with Crippen molar-refractivity contribution in [1.82, 2.24) is 10.2 Å². The monoisotopic (exact) mass is 352 g/mol. The van der Waals surface area contributed by atoms with Crippen molar-refractivity contribution in [2.45, 2.75) is 6.18 Å². The van der Waals surface area contributed by atoms with Crippen molar-refractivity contribution >= 4 is 27.7 Å². The molecule has 0 heterocycles. The maximum atomic E-state index is 12.6. The van der Waals surface area contributed by atoms with Crippen LogP contribution in [0.3, 0.4) is 0 Å². The number of hydrogen-bond acceptors (Lipinski definition) is 2. The number of carbonyl (C=O) groups is 2. The molecule has 0 saturated heterocycles. The summed E-state index contributed by atoms with van der Waals surface area (Å²) in [7, 11) is 3.02. The minimum atomic E-state index is -4.53. The van der Waals surface area contributed by atoms with Crippen LogP contribution in [0, 0.1) is 0 Å². The van der Waals surface area contributed by atoms with E-state index >= 15 is 0 Å². The summed E-state index contributed by atoms with van der Waals surface area (Å²) < 4.78 is 37.9. The Morgan fingerprint density at radius 2 is 1.90 bits per heavy atom. The molecule has 0 atom stereocenters. The number of halogens is 4. The van der Waals surface area contributed by atoms with Crippen LogP contribution in [0.25, 0.3) is 0 Å². The highest BCUT2D eigenvalue weighted by molar-refractivity contribution is 9.10. The Balaban J connectivity index is 2.90. The third kappa shape index (κ3) is 4.22. The molecule has 2 amide bonds. The van der Waals surface area contributed by atoms with Gasteiger partial charge in [0.1, 0.15) is 0 Å². The van der Waals surface area contributed by atoms with Crippen molar-refractivity contribution < 1.29 is 22.8 Å². The van der Waals surface area contributed by atoms with E-state index in [-0.39, 0.29) is 22.5 Å². The van der Waals surface area contributed by atoms with Crippen molar-refractivity contribution in [3.05, 3.63) is 33.8 Å². The van der Waals surface area contributed by atoms with Gasteiger partial charge in [-0.25, -0.2) is 0 Å². The number of benzene rings is 1. The van der Waals surface area contributed by atoms with Gasteiger partial charge in [-0.05, 0) is 34.1 Å². The highest BCUT2D eigenvalue weighted by Gasteiger charge is 2.31. The molecule has 20 heavy (non-hydrogen) atoms. The smallest absolute Gasteiger partial charge is 0.347 e. The number of carbonyl (C=O) groups excluding carboxylic acids is 2. The minimum Gasteiger partial charge on any atom is -0.347 e. The van der Waals surface area contributed by atoms with Crippen LogP contribution in [-0.4, -0.2) is 37.4 Å². The van der Waals surface area contributed by atoms with Crippen LogP contribution in [0.5, 0.6) is 0 Å². The Hall–Kier alpha value is -1.57. The first-order valence-electron chi connectivity index (χ1n) is 5.48. The molecule has 0 aliphatic heterocycles. The Morgan fingerprint density at radius 1 is 1.30 bits per heavy atom. The first kappa shape index (κ1) is 16.5. The van der Waals surface area contributed by atoms with E-state index in [1.165, 1.54) is 19.0 Å². The number of amides is 2. The largest absolute Gasteiger partial charge is 0.416 e. The molecule has 0 spiro atoms. The average molecular weight is 353 g/mol. The molecule has 1 aromatic rings. The molecule has 0 aliphatic carbocycles. The Morgan fingerprint density at radius 3 is 2.40 bits per heavy atom. The summed E-state index contributed by atoms with van der Waals surface area (Å²) in [5, 5.41) is 2.27. The summed E-state index contributed by atoms with van der Waals surface area (Å²) >= 11 is 3.01. The van der Waals surface area contributed by atoms with Crippen molar-refractivity contribution in [1.29, 1.82) is 0 Å². The maximum Gasteiger partial charge on any atom is 0.416 e. The molecule has 1 aromatic carbocycles. The number of likely N-dealkylation sites (N-methyl/N-ethyl adjacent to an activating group) is 1. The van der Waals surface area contributed by atoms with Gasteiger partial charge in [0.05, 0.1) is 17.7 Å². The van der Waals surface area contributed by atoms with Gasteiger partial charge < -0.3 is 10.2 Å². The summed E-state index contributed by atoms with van der Waals surface area (Å²) in [6, 6.07) is 2.75. The lowest BCUT2D eigenvalue weighted by Gasteiger charge is -2.13. The highest BCUT2D eigenvalue weighted by atomic mass is 79.9. The zero-order valence-corrected chi connectivity index (χ0v) is 12.3. The number of nitrogens with one attached hydrogen (secondary N) is 1. The fourth-order valence-electron chi connectivity index (χ4n) is 1.28. The molecule has 0 bridgehead atoms. The molecule has 0 saturated carbocycles. The van der Waals surface area contributed by atoms with Crippen LogP contribution in [0.15, 0.2) is 22.7 Å². The van der Waals surface area contributed by atoms with Gasteiger partial charge in [0, 0.05) is 18.6 Å². The molecule has 110 valence electrons. The van der Waals surface area contributed by atoms with Gasteiger partial charge in [0.25, 0.3) is 5.91 Å². The zero-order chi connectivity index (χ0) is 15.5. The minimum absolute atomic E-state index is 0.175. The first-order valence-corrected chi connectivity index (χ1v) is 6.27. The average Bonchev–Trinajstić information content (AvgIpc) is 2.34. The van der Waals surface area contributed by atoms with E-state index in [9.17, 15) is 22.8 Å². The van der Waals surface area contributed by atoms with E-state index in [1.807, 2.05) is 0 Å². The highest BCUT2D eigenvalue weighted by Crippen LogP contribution is 2.31. The van der Waals surface area contributed by atoms with E-state index in [0.717, 1.165) is 18.2 Å². The number of nitrogens with zero attached hydrogens (tertiary/aromatic N) is 1. The lowest BCUT2D eigenvalue weighted by Crippen LogP contribution is -2.36. The molecule has 0 aliphatic rings. The lowest BCUT2D eigenvalue weighted by atomic mass is 10.1. The summed E-state index contributed by atoms with van der Waals surface area (Å²) in [6.07, 6.45) is -4.53. The van der Waals surface area contributed by atoms with E-state index in [0.29, 0.717) is 0 Å². The summed E-state index contributed by atoms with van der Waals surface area (Å²) in [5.74, 6) is -1.11. The van der Waals surface area contributed by atoms with Gasteiger partial charge in [-0.1, -0.05) is 0 Å². The van der Waals surface area contributed by atoms with E-state index < -0.39 is 17.6 Å². The fourth-order valence-corrected chi connectivity index (χ4v) is 1.71. The van der Waals surface area contributed by atoms with Gasteiger partial charge in [0.2, 0.25) is 5.91 Å². The maximum absolute atomic E-state index is 12.6. The third-order valence-corrected chi connectivity index (χ3v) is 3.13. The van der Waals surface area contributed by atoms with Crippen LogP contribution in [0.4, 0.5) is 13.2 Å². The SMILES string of the molecule is CN(C)C(=O)CNC(=O)c1cc(C(F)(F)F)ccc1Br. The molecule has 0 unspecified atom stereocenters. The molecule has 0 radical (unpaired) electrons. The molecule has 4 nitrogen and oxygen atoms in total. The van der Waals surface area contributed by atoms with Crippen LogP contribution < -0.4 is 5.32 Å². The summed E-state index contributed by atoms with van der Waals surface area (Å²) in [4.78, 5) is 24.4. The second-order valence-corrected chi connectivity index (χ2v) is 5.02. The molecule has 8 heteroatoms. The van der Waals surface area contributed by atoms with E-state index in [2.05, 4.69) is 21.2 Å². The Labute approximate surface area is 122 Å². The van der Waals surface area contributed by atoms with Crippen LogP contribution in [0.1, 0.15) is 15.9 Å². The second-order valence-electron chi connectivity index (χ2n) is 4.16. The van der Waals surface area contributed by atoms with E-state index in [4.69, 9.17) is 0 Å². The standard InChI is InChI=1S/C12H12BrF3N2O2/c1-18(2)10(19)6-17-11(20)8-5-7(12(14,15)16)3-4-9(8)13/h3-5H,6H2,1-2H3,(H,17,20). The number of alkyl halides is 3. The molecule has 0 aromatic heterocycles.